The molecule has 2 heteroatoms. The highest BCUT2D eigenvalue weighted by Gasteiger charge is 1.90. The summed E-state index contributed by atoms with van der Waals surface area (Å²) in [5, 5.41) is 4.14. The number of unbranched alkanes of at least 4 members (excludes halogenated alkanes) is 4. The topological polar surface area (TPSA) is 17.8 Å². The summed E-state index contributed by atoms with van der Waals surface area (Å²) in [5.41, 5.74) is 0. The van der Waals surface area contributed by atoms with Crippen LogP contribution in [0.5, 0.6) is 0 Å². The van der Waals surface area contributed by atoms with Gasteiger partial charge in [-0.3, -0.25) is 4.68 Å². The van der Waals surface area contributed by atoms with Gasteiger partial charge in [-0.25, -0.2) is 0 Å². The summed E-state index contributed by atoms with van der Waals surface area (Å²) in [6.07, 6.45) is 10.0. The molecule has 0 aliphatic rings. The van der Waals surface area contributed by atoms with Gasteiger partial charge in [0.2, 0.25) is 0 Å². The molecular weight excluding hydrogens is 148 g/mol. The van der Waals surface area contributed by atoms with Gasteiger partial charge in [0, 0.05) is 18.9 Å². The fraction of sp³-hybridized carbons (Fsp3) is 0.600. The van der Waals surface area contributed by atoms with Crippen LogP contribution in [0.25, 0.3) is 0 Å². The first-order chi connectivity index (χ1) is 5.93. The maximum absolute atomic E-state index is 4.14. The lowest BCUT2D eigenvalue weighted by Crippen LogP contribution is -1.97. The van der Waals surface area contributed by atoms with Crippen LogP contribution in [0.3, 0.4) is 0 Å². The third kappa shape index (κ3) is 3.56. The summed E-state index contributed by atoms with van der Waals surface area (Å²) in [5.74, 6) is 0. The number of hydrogen-bond acceptors (Lipinski definition) is 1. The highest BCUT2D eigenvalue weighted by atomic mass is 15.3. The second-order valence-electron chi connectivity index (χ2n) is 3.04. The van der Waals surface area contributed by atoms with Crippen molar-refractivity contribution in [3.63, 3.8) is 0 Å². The first-order valence-electron chi connectivity index (χ1n) is 4.70. The molecule has 1 heterocycles. The van der Waals surface area contributed by atoms with Gasteiger partial charge in [-0.1, -0.05) is 32.6 Å². The van der Waals surface area contributed by atoms with Crippen LogP contribution < -0.4 is 0 Å². The molecule has 0 aromatic carbocycles. The number of aryl methyl sites for hydroxylation is 1. The molecule has 1 rings (SSSR count). The van der Waals surface area contributed by atoms with E-state index in [0.29, 0.717) is 0 Å². The van der Waals surface area contributed by atoms with Crippen molar-refractivity contribution in [1.29, 1.82) is 0 Å². The summed E-state index contributed by atoms with van der Waals surface area (Å²) in [7, 11) is 0. The average molecular weight is 165 g/mol. The van der Waals surface area contributed by atoms with Crippen LogP contribution in [0, 0.1) is 6.92 Å². The zero-order valence-corrected chi connectivity index (χ0v) is 7.58. The normalized spacial score (nSPS) is 10.4. The second-order valence-corrected chi connectivity index (χ2v) is 3.04. The van der Waals surface area contributed by atoms with Crippen LogP contribution in [0.2, 0.25) is 0 Å². The zero-order chi connectivity index (χ0) is 8.65. The molecule has 0 saturated heterocycles. The molecule has 0 fully saturated rings. The Bertz CT molecular complexity index is 180. The fourth-order valence-corrected chi connectivity index (χ4v) is 1.24. The summed E-state index contributed by atoms with van der Waals surface area (Å²) in [6.45, 7) is 4.88. The van der Waals surface area contributed by atoms with E-state index in [1.54, 1.807) is 0 Å². The van der Waals surface area contributed by atoms with Crippen molar-refractivity contribution in [3.05, 3.63) is 25.4 Å². The molecule has 67 valence electrons. The Morgan fingerprint density at radius 2 is 2.00 bits per heavy atom. The Kier molecular flexibility index (Phi) is 4.50. The number of hydrogen-bond donors (Lipinski definition) is 0. The van der Waals surface area contributed by atoms with Gasteiger partial charge in [0.1, 0.15) is 0 Å². The molecule has 0 aliphatic carbocycles. The molecule has 0 aliphatic heterocycles. The summed E-state index contributed by atoms with van der Waals surface area (Å²) in [6, 6.07) is 1.97. The molecule has 1 aromatic rings. The lowest BCUT2D eigenvalue weighted by atomic mass is 10.1. The van der Waals surface area contributed by atoms with Gasteiger partial charge in [0.25, 0.3) is 0 Å². The lowest BCUT2D eigenvalue weighted by Gasteiger charge is -2.00. The van der Waals surface area contributed by atoms with Crippen LogP contribution in [0.4, 0.5) is 0 Å². The van der Waals surface area contributed by atoms with Crippen LogP contribution in [0.1, 0.15) is 32.1 Å². The minimum absolute atomic E-state index is 1.06. The number of rotatable bonds is 6. The minimum atomic E-state index is 1.06. The second kappa shape index (κ2) is 5.81. The molecule has 12 heavy (non-hydrogen) atoms. The average Bonchev–Trinajstić information content (AvgIpc) is 2.57. The number of aromatic nitrogens is 2. The first kappa shape index (κ1) is 9.30. The molecular formula is C10H17N2. The molecule has 1 radical (unpaired) electrons. The monoisotopic (exact) mass is 165 g/mol. The standard InChI is InChI=1S/C10H17N2/c1-2-3-4-5-6-9-12-10-7-8-11-12/h7-8,10H,1-6,9H2. The van der Waals surface area contributed by atoms with E-state index in [-0.39, 0.29) is 0 Å². The van der Waals surface area contributed by atoms with Crippen molar-refractivity contribution >= 4 is 0 Å². The zero-order valence-electron chi connectivity index (χ0n) is 7.58. The maximum atomic E-state index is 4.14. The molecule has 1 aromatic heterocycles. The van der Waals surface area contributed by atoms with E-state index in [0.717, 1.165) is 13.0 Å². The lowest BCUT2D eigenvalue weighted by molar-refractivity contribution is 0.536. The van der Waals surface area contributed by atoms with E-state index in [1.807, 2.05) is 23.1 Å². The third-order valence-corrected chi connectivity index (χ3v) is 1.95. The highest BCUT2D eigenvalue weighted by Crippen LogP contribution is 2.03. The summed E-state index contributed by atoms with van der Waals surface area (Å²) >= 11 is 0. The van der Waals surface area contributed by atoms with Gasteiger partial charge in [-0.2, -0.15) is 5.10 Å². The molecule has 2 nitrogen and oxygen atoms in total. The Balaban J connectivity index is 1.96. The maximum Gasteiger partial charge on any atom is 0.0489 e. The van der Waals surface area contributed by atoms with Gasteiger partial charge in [0.15, 0.2) is 0 Å². The van der Waals surface area contributed by atoms with Gasteiger partial charge >= 0.3 is 0 Å². The Labute approximate surface area is 74.6 Å². The van der Waals surface area contributed by atoms with Gasteiger partial charge in [-0.15, -0.1) is 0 Å². The molecule has 0 atom stereocenters. The van der Waals surface area contributed by atoms with Crippen molar-refractivity contribution < 1.29 is 0 Å². The van der Waals surface area contributed by atoms with Crippen molar-refractivity contribution in [2.45, 2.75) is 38.6 Å². The molecule has 0 amide bonds. The third-order valence-electron chi connectivity index (χ3n) is 1.95. The molecule has 0 bridgehead atoms. The van der Waals surface area contributed by atoms with Crippen molar-refractivity contribution in [3.8, 4) is 0 Å². The van der Waals surface area contributed by atoms with E-state index in [9.17, 15) is 0 Å². The van der Waals surface area contributed by atoms with Crippen LogP contribution in [-0.4, -0.2) is 9.78 Å². The van der Waals surface area contributed by atoms with Crippen LogP contribution in [0.15, 0.2) is 18.5 Å². The van der Waals surface area contributed by atoms with Gasteiger partial charge < -0.3 is 0 Å². The van der Waals surface area contributed by atoms with Crippen LogP contribution >= 0.6 is 0 Å². The summed E-state index contributed by atoms with van der Waals surface area (Å²) in [4.78, 5) is 0. The van der Waals surface area contributed by atoms with Crippen LogP contribution in [-0.2, 0) is 6.54 Å². The Morgan fingerprint density at radius 3 is 2.67 bits per heavy atom. The molecule has 0 saturated carbocycles. The Hall–Kier alpha value is -0.790. The van der Waals surface area contributed by atoms with Gasteiger partial charge in [-0.05, 0) is 12.5 Å². The predicted molar refractivity (Wildman–Crippen MR) is 50.7 cm³/mol. The quantitative estimate of drug-likeness (QED) is 0.592. The van der Waals surface area contributed by atoms with Crippen molar-refractivity contribution in [1.82, 2.24) is 9.78 Å². The number of nitrogens with zero attached hydrogens (tertiary/aromatic N) is 2. The van der Waals surface area contributed by atoms with E-state index in [2.05, 4.69) is 12.0 Å². The van der Waals surface area contributed by atoms with E-state index >= 15 is 0 Å². The fourth-order valence-electron chi connectivity index (χ4n) is 1.24. The molecule has 0 unspecified atom stereocenters. The molecule has 0 spiro atoms. The SMILES string of the molecule is [CH2]CCCCCCn1cccn1. The van der Waals surface area contributed by atoms with Gasteiger partial charge in [0.05, 0.1) is 0 Å². The Morgan fingerprint density at radius 1 is 1.17 bits per heavy atom. The minimum Gasteiger partial charge on any atom is -0.273 e. The van der Waals surface area contributed by atoms with E-state index in [4.69, 9.17) is 0 Å². The highest BCUT2D eigenvalue weighted by molar-refractivity contribution is 4.77. The predicted octanol–water partition coefficient (Wildman–Crippen LogP) is 2.67. The smallest absolute Gasteiger partial charge is 0.0489 e. The van der Waals surface area contributed by atoms with E-state index < -0.39 is 0 Å². The van der Waals surface area contributed by atoms with Crippen molar-refractivity contribution in [2.24, 2.45) is 0 Å². The molecule has 0 N–H and O–H groups in total. The first-order valence-corrected chi connectivity index (χ1v) is 4.70. The largest absolute Gasteiger partial charge is 0.273 e. The summed E-state index contributed by atoms with van der Waals surface area (Å²) < 4.78 is 1.99. The van der Waals surface area contributed by atoms with Crippen molar-refractivity contribution in [2.75, 3.05) is 0 Å². The van der Waals surface area contributed by atoms with E-state index in [1.165, 1.54) is 25.7 Å².